The molecule has 1 fully saturated rings. The molecular formula is C15H21N5. The molecule has 0 aromatic heterocycles. The Hall–Kier alpha value is -2.04. The van der Waals surface area contributed by atoms with Gasteiger partial charge in [-0.2, -0.15) is 0 Å². The van der Waals surface area contributed by atoms with Crippen molar-refractivity contribution in [3.8, 4) is 0 Å². The number of hydrogen-bond acceptors (Lipinski definition) is 5. The standard InChI is InChI=1S/C15H21N5/c1-10-5-6-12(11(2)9-10)17-14-18-13(16)19-15(20-14)7-3-4-8-15/h5-6,9H,3-4,7-8H2,1-2H3,(H4,16,17,18,19,20). The highest BCUT2D eigenvalue weighted by Gasteiger charge is 2.36. The molecule has 20 heavy (non-hydrogen) atoms. The highest BCUT2D eigenvalue weighted by atomic mass is 15.3. The van der Waals surface area contributed by atoms with E-state index in [-0.39, 0.29) is 5.66 Å². The fourth-order valence-electron chi connectivity index (χ4n) is 2.94. The lowest BCUT2D eigenvalue weighted by molar-refractivity contribution is 0.457. The maximum Gasteiger partial charge on any atom is 0.205 e. The lowest BCUT2D eigenvalue weighted by Gasteiger charge is -2.27. The number of hydrogen-bond donors (Lipinski definition) is 3. The van der Waals surface area contributed by atoms with E-state index in [0.29, 0.717) is 11.9 Å². The first kappa shape index (κ1) is 13.0. The summed E-state index contributed by atoms with van der Waals surface area (Å²) in [5, 5.41) is 6.36. The van der Waals surface area contributed by atoms with Crippen molar-refractivity contribution in [1.29, 1.82) is 0 Å². The molecule has 1 aliphatic carbocycles. The van der Waals surface area contributed by atoms with E-state index in [2.05, 4.69) is 47.7 Å². The molecule has 0 amide bonds. The van der Waals surface area contributed by atoms with Gasteiger partial charge in [0.1, 0.15) is 0 Å². The van der Waals surface area contributed by atoms with Gasteiger partial charge in [-0.1, -0.05) is 17.7 Å². The van der Waals surface area contributed by atoms with Crippen molar-refractivity contribution in [1.82, 2.24) is 5.32 Å². The van der Waals surface area contributed by atoms with Crippen LogP contribution in [0, 0.1) is 13.8 Å². The zero-order valence-corrected chi connectivity index (χ0v) is 12.0. The first-order valence-electron chi connectivity index (χ1n) is 7.13. The molecule has 1 aromatic rings. The van der Waals surface area contributed by atoms with Crippen molar-refractivity contribution in [2.24, 2.45) is 15.7 Å². The number of aliphatic imine (C=N–C) groups is 2. The zero-order chi connectivity index (χ0) is 14.2. The van der Waals surface area contributed by atoms with E-state index in [4.69, 9.17) is 10.7 Å². The quantitative estimate of drug-likeness (QED) is 0.733. The Labute approximate surface area is 119 Å². The Bertz CT molecular complexity index is 582. The molecule has 0 unspecified atom stereocenters. The number of nitrogens with one attached hydrogen (secondary N) is 2. The monoisotopic (exact) mass is 271 g/mol. The number of rotatable bonds is 1. The Balaban J connectivity index is 1.85. The molecule has 1 heterocycles. The summed E-state index contributed by atoms with van der Waals surface area (Å²) in [5.41, 5.74) is 9.06. The van der Waals surface area contributed by atoms with E-state index in [1.165, 1.54) is 11.1 Å². The summed E-state index contributed by atoms with van der Waals surface area (Å²) in [5.74, 6) is 1.15. The van der Waals surface area contributed by atoms with Crippen LogP contribution < -0.4 is 16.4 Å². The van der Waals surface area contributed by atoms with E-state index < -0.39 is 0 Å². The van der Waals surface area contributed by atoms with E-state index in [1.807, 2.05) is 0 Å². The second-order valence-corrected chi connectivity index (χ2v) is 5.72. The number of aryl methyl sites for hydroxylation is 2. The maximum atomic E-state index is 5.91. The smallest absolute Gasteiger partial charge is 0.205 e. The van der Waals surface area contributed by atoms with Crippen molar-refractivity contribution in [3.05, 3.63) is 29.3 Å². The van der Waals surface area contributed by atoms with Crippen LogP contribution in [0.1, 0.15) is 36.8 Å². The third-order valence-corrected chi connectivity index (χ3v) is 3.93. The molecular weight excluding hydrogens is 250 g/mol. The van der Waals surface area contributed by atoms with Gasteiger partial charge < -0.3 is 11.1 Å². The summed E-state index contributed by atoms with van der Waals surface area (Å²) < 4.78 is 0. The van der Waals surface area contributed by atoms with Gasteiger partial charge in [-0.05, 0) is 51.2 Å². The highest BCUT2D eigenvalue weighted by Crippen LogP contribution is 2.35. The van der Waals surface area contributed by atoms with E-state index >= 15 is 0 Å². The minimum absolute atomic E-state index is 0.337. The molecule has 3 rings (SSSR count). The van der Waals surface area contributed by atoms with Gasteiger partial charge in [0.05, 0.1) is 0 Å². The second-order valence-electron chi connectivity index (χ2n) is 5.72. The first-order chi connectivity index (χ1) is 9.56. The predicted molar refractivity (Wildman–Crippen MR) is 82.9 cm³/mol. The topological polar surface area (TPSA) is 74.8 Å². The van der Waals surface area contributed by atoms with Crippen LogP contribution >= 0.6 is 0 Å². The summed E-state index contributed by atoms with van der Waals surface area (Å²) in [6.45, 7) is 4.17. The molecule has 0 bridgehead atoms. The van der Waals surface area contributed by atoms with Crippen LogP contribution in [0.3, 0.4) is 0 Å². The molecule has 4 N–H and O–H groups in total. The minimum Gasteiger partial charge on any atom is -0.370 e. The van der Waals surface area contributed by atoms with Gasteiger partial charge in [-0.3, -0.25) is 5.32 Å². The van der Waals surface area contributed by atoms with E-state index in [9.17, 15) is 0 Å². The molecule has 1 aliphatic heterocycles. The molecule has 1 spiro atoms. The number of guanidine groups is 2. The Kier molecular flexibility index (Phi) is 3.12. The molecule has 5 nitrogen and oxygen atoms in total. The Morgan fingerprint density at radius 2 is 1.95 bits per heavy atom. The summed E-state index contributed by atoms with van der Waals surface area (Å²) in [4.78, 5) is 9.25. The largest absolute Gasteiger partial charge is 0.370 e. The van der Waals surface area contributed by atoms with Crippen LogP contribution in [-0.4, -0.2) is 17.6 Å². The third-order valence-electron chi connectivity index (χ3n) is 3.93. The van der Waals surface area contributed by atoms with Crippen LogP contribution in [-0.2, 0) is 0 Å². The van der Waals surface area contributed by atoms with E-state index in [0.717, 1.165) is 31.4 Å². The summed E-state index contributed by atoms with van der Waals surface area (Å²) >= 11 is 0. The van der Waals surface area contributed by atoms with Gasteiger partial charge in [0.15, 0.2) is 11.6 Å². The summed E-state index contributed by atoms with van der Waals surface area (Å²) in [6, 6.07) is 6.30. The normalized spacial score (nSPS) is 20.3. The first-order valence-corrected chi connectivity index (χ1v) is 7.13. The maximum absolute atomic E-state index is 5.91. The minimum atomic E-state index is -0.337. The molecule has 1 aromatic carbocycles. The summed E-state index contributed by atoms with van der Waals surface area (Å²) in [6.07, 6.45) is 4.29. The van der Waals surface area contributed by atoms with Crippen LogP contribution in [0.25, 0.3) is 0 Å². The van der Waals surface area contributed by atoms with Crippen LogP contribution in [0.15, 0.2) is 28.2 Å². The third kappa shape index (κ3) is 2.48. The number of nitrogens with two attached hydrogens (primary N) is 1. The van der Waals surface area contributed by atoms with E-state index in [1.54, 1.807) is 0 Å². The molecule has 5 heteroatoms. The van der Waals surface area contributed by atoms with Crippen molar-refractivity contribution in [2.75, 3.05) is 5.32 Å². The average Bonchev–Trinajstić information content (AvgIpc) is 2.79. The summed E-state index contributed by atoms with van der Waals surface area (Å²) in [7, 11) is 0. The molecule has 0 atom stereocenters. The van der Waals surface area contributed by atoms with Crippen LogP contribution in [0.2, 0.25) is 0 Å². The Morgan fingerprint density at radius 3 is 2.65 bits per heavy atom. The van der Waals surface area contributed by atoms with Gasteiger partial charge in [0, 0.05) is 5.69 Å². The SMILES string of the molecule is Cc1ccc(NC2=NC3(CCCC3)N=C(N)N2)c(C)c1. The fraction of sp³-hybridized carbons (Fsp3) is 0.467. The lowest BCUT2D eigenvalue weighted by atomic mass is 10.1. The van der Waals surface area contributed by atoms with Crippen molar-refractivity contribution < 1.29 is 0 Å². The molecule has 0 saturated heterocycles. The highest BCUT2D eigenvalue weighted by molar-refractivity contribution is 6.06. The van der Waals surface area contributed by atoms with Gasteiger partial charge in [0.2, 0.25) is 5.96 Å². The fourth-order valence-corrected chi connectivity index (χ4v) is 2.94. The lowest BCUT2D eigenvalue weighted by Crippen LogP contribution is -2.48. The molecule has 1 saturated carbocycles. The molecule has 2 aliphatic rings. The number of benzene rings is 1. The zero-order valence-electron chi connectivity index (χ0n) is 12.0. The van der Waals surface area contributed by atoms with Gasteiger partial charge in [0.25, 0.3) is 0 Å². The van der Waals surface area contributed by atoms with Crippen LogP contribution in [0.5, 0.6) is 0 Å². The number of nitrogens with zero attached hydrogens (tertiary/aromatic N) is 2. The molecule has 0 radical (unpaired) electrons. The van der Waals surface area contributed by atoms with Crippen LogP contribution in [0.4, 0.5) is 5.69 Å². The average molecular weight is 271 g/mol. The van der Waals surface area contributed by atoms with Crippen molar-refractivity contribution >= 4 is 17.6 Å². The Morgan fingerprint density at radius 1 is 1.20 bits per heavy atom. The van der Waals surface area contributed by atoms with Crippen molar-refractivity contribution in [2.45, 2.75) is 45.2 Å². The predicted octanol–water partition coefficient (Wildman–Crippen LogP) is 2.26. The van der Waals surface area contributed by atoms with Gasteiger partial charge in [-0.25, -0.2) is 9.98 Å². The second kappa shape index (κ2) is 4.81. The van der Waals surface area contributed by atoms with Gasteiger partial charge >= 0.3 is 0 Å². The molecule has 106 valence electrons. The van der Waals surface area contributed by atoms with Gasteiger partial charge in [-0.15, -0.1) is 0 Å². The van der Waals surface area contributed by atoms with Crippen molar-refractivity contribution in [3.63, 3.8) is 0 Å². The number of anilines is 1.